The fraction of sp³-hybridized carbons (Fsp3) is 0.500. The highest BCUT2D eigenvalue weighted by molar-refractivity contribution is 6.35. The molecule has 2 aromatic carbocycles. The van der Waals surface area contributed by atoms with Crippen LogP contribution in [0.15, 0.2) is 24.5 Å². The molecule has 0 bridgehead atoms. The standard InChI is InChI=1S/C38H42ClFN8O4/c1-21-15-30-27(18-43-48(30)31-8-4-5-14-51-31)32(22(21)2)33-29(39)17-26-35(34(33)40)44-37(52-20-25-7-6-12-45(25)3)28-19-42-47(36(26)28)24-10-13-46(38(49)50)23(16-24)9-11-41/h15,17-19,23-25,31H,4-10,12-14,16,20H2,1-3H3,(H,49,50). The van der Waals surface area contributed by atoms with E-state index < -0.39 is 18.0 Å². The van der Waals surface area contributed by atoms with E-state index in [1.54, 1.807) is 18.5 Å². The lowest BCUT2D eigenvalue weighted by atomic mass is 9.92. The van der Waals surface area contributed by atoms with E-state index in [2.05, 4.69) is 24.1 Å². The van der Waals surface area contributed by atoms with Crippen molar-refractivity contribution < 1.29 is 23.8 Å². The number of ether oxygens (including phenoxy) is 2. The number of piperidine rings is 1. The molecule has 3 aliphatic heterocycles. The Hall–Kier alpha value is -4.51. The molecule has 4 atom stereocenters. The largest absolute Gasteiger partial charge is 0.475 e. The van der Waals surface area contributed by atoms with Gasteiger partial charge in [-0.2, -0.15) is 15.5 Å². The maximum Gasteiger partial charge on any atom is 0.407 e. The average molecular weight is 729 g/mol. The van der Waals surface area contributed by atoms with Gasteiger partial charge in [-0.05, 0) is 95.6 Å². The fourth-order valence-electron chi connectivity index (χ4n) is 8.52. The Morgan fingerprint density at radius 3 is 2.60 bits per heavy atom. The van der Waals surface area contributed by atoms with Gasteiger partial charge in [-0.25, -0.2) is 18.9 Å². The number of aromatic nitrogens is 5. The van der Waals surface area contributed by atoms with Crippen LogP contribution in [-0.2, 0) is 4.74 Å². The SMILES string of the molecule is Cc1cc2c(cnn2C2CCCCO2)c(-c2c(Cl)cc3c(nc(OCC4CCCN4C)c4cnn(C5CCN(C(=O)O)C(CC#N)C5)c43)c2F)c1C. The van der Waals surface area contributed by atoms with E-state index in [4.69, 9.17) is 36.3 Å². The van der Waals surface area contributed by atoms with E-state index in [1.165, 1.54) is 4.90 Å². The first-order chi connectivity index (χ1) is 25.2. The minimum atomic E-state index is -1.05. The Morgan fingerprint density at radius 2 is 1.87 bits per heavy atom. The number of carboxylic acid groups (broad SMARTS) is 1. The molecule has 3 fully saturated rings. The van der Waals surface area contributed by atoms with Crippen molar-refractivity contribution in [3.05, 3.63) is 46.5 Å². The second-order valence-corrected chi connectivity index (χ2v) is 14.9. The molecular weight excluding hydrogens is 687 g/mol. The van der Waals surface area contributed by atoms with Crippen molar-refractivity contribution in [3.63, 3.8) is 0 Å². The molecule has 14 heteroatoms. The fourth-order valence-corrected chi connectivity index (χ4v) is 8.81. The number of pyridine rings is 1. The van der Waals surface area contributed by atoms with Crippen molar-refractivity contribution in [3.8, 4) is 23.1 Å². The van der Waals surface area contributed by atoms with Crippen LogP contribution in [0.3, 0.4) is 0 Å². The molecule has 4 unspecified atom stereocenters. The number of likely N-dealkylation sites (tertiary alicyclic amines) is 2. The van der Waals surface area contributed by atoms with Crippen LogP contribution >= 0.6 is 11.6 Å². The highest BCUT2D eigenvalue weighted by atomic mass is 35.5. The van der Waals surface area contributed by atoms with Crippen molar-refractivity contribution in [1.29, 1.82) is 5.26 Å². The minimum absolute atomic E-state index is 0.0607. The van der Waals surface area contributed by atoms with Gasteiger partial charge in [-0.3, -0.25) is 4.68 Å². The summed E-state index contributed by atoms with van der Waals surface area (Å²) in [6, 6.07) is 5.43. The van der Waals surface area contributed by atoms with Gasteiger partial charge in [-0.1, -0.05) is 11.6 Å². The van der Waals surface area contributed by atoms with Gasteiger partial charge >= 0.3 is 6.09 Å². The summed E-state index contributed by atoms with van der Waals surface area (Å²) in [5.41, 5.74) is 4.34. The van der Waals surface area contributed by atoms with E-state index in [0.29, 0.717) is 47.9 Å². The first-order valence-electron chi connectivity index (χ1n) is 18.1. The van der Waals surface area contributed by atoms with Gasteiger partial charge in [-0.15, -0.1) is 0 Å². The quantitative estimate of drug-likeness (QED) is 0.178. The molecule has 0 saturated carbocycles. The molecule has 5 aromatic rings. The number of likely N-dealkylation sites (N-methyl/N-ethyl adjacent to an activating group) is 1. The van der Waals surface area contributed by atoms with Crippen LogP contribution in [0.25, 0.3) is 43.8 Å². The van der Waals surface area contributed by atoms with Crippen LogP contribution in [0.5, 0.6) is 5.88 Å². The summed E-state index contributed by atoms with van der Waals surface area (Å²) in [6.45, 7) is 6.26. The Morgan fingerprint density at radius 1 is 1.06 bits per heavy atom. The van der Waals surface area contributed by atoms with Crippen molar-refractivity contribution in [2.75, 3.05) is 33.4 Å². The maximum atomic E-state index is 17.5. The third-order valence-corrected chi connectivity index (χ3v) is 11.8. The van der Waals surface area contributed by atoms with Gasteiger partial charge < -0.3 is 24.4 Å². The molecule has 3 saturated heterocycles. The molecule has 1 amide bonds. The van der Waals surface area contributed by atoms with Crippen LogP contribution in [0, 0.1) is 31.0 Å². The Kier molecular flexibility index (Phi) is 9.18. The van der Waals surface area contributed by atoms with E-state index in [9.17, 15) is 15.2 Å². The molecule has 12 nitrogen and oxygen atoms in total. The molecule has 3 aliphatic rings. The summed E-state index contributed by atoms with van der Waals surface area (Å²) >= 11 is 7.16. The summed E-state index contributed by atoms with van der Waals surface area (Å²) < 4.78 is 33.8. The van der Waals surface area contributed by atoms with Crippen molar-refractivity contribution in [2.45, 2.75) is 89.6 Å². The zero-order valence-corrected chi connectivity index (χ0v) is 30.4. The highest BCUT2D eigenvalue weighted by Crippen LogP contribution is 2.45. The van der Waals surface area contributed by atoms with Crippen LogP contribution in [0.2, 0.25) is 5.02 Å². The highest BCUT2D eigenvalue weighted by Gasteiger charge is 2.35. The van der Waals surface area contributed by atoms with Crippen LogP contribution in [-0.4, -0.2) is 91.0 Å². The molecule has 0 radical (unpaired) electrons. The molecular formula is C38H42ClFN8O4. The van der Waals surface area contributed by atoms with Gasteiger partial charge in [0, 0.05) is 41.1 Å². The normalized spacial score (nSPS) is 22.8. The van der Waals surface area contributed by atoms with Crippen LogP contribution in [0.1, 0.15) is 74.8 Å². The zero-order chi connectivity index (χ0) is 36.3. The lowest BCUT2D eigenvalue weighted by molar-refractivity contribution is -0.0366. The Balaban J connectivity index is 1.31. The van der Waals surface area contributed by atoms with Gasteiger partial charge in [0.25, 0.3) is 0 Å². The number of aryl methyl sites for hydroxylation is 1. The number of carbonyl (C=O) groups is 1. The number of nitrogens with zero attached hydrogens (tertiary/aromatic N) is 8. The summed E-state index contributed by atoms with van der Waals surface area (Å²) in [4.78, 5) is 20.5. The van der Waals surface area contributed by atoms with Crippen LogP contribution in [0.4, 0.5) is 9.18 Å². The maximum absolute atomic E-state index is 17.5. The molecule has 3 aromatic heterocycles. The Labute approximate surface area is 305 Å². The monoisotopic (exact) mass is 728 g/mol. The lowest BCUT2D eigenvalue weighted by Crippen LogP contribution is -2.45. The van der Waals surface area contributed by atoms with Gasteiger partial charge in [0.05, 0.1) is 58.4 Å². The molecule has 0 aliphatic carbocycles. The topological polar surface area (TPSA) is 135 Å². The number of hydrogen-bond acceptors (Lipinski definition) is 8. The smallest absolute Gasteiger partial charge is 0.407 e. The second-order valence-electron chi connectivity index (χ2n) is 14.5. The molecule has 272 valence electrons. The number of nitriles is 1. The number of benzene rings is 2. The Bertz CT molecular complexity index is 2240. The molecule has 8 rings (SSSR count). The van der Waals surface area contributed by atoms with Crippen molar-refractivity contribution >= 4 is 50.4 Å². The van der Waals surface area contributed by atoms with E-state index >= 15 is 4.39 Å². The number of rotatable bonds is 7. The molecule has 52 heavy (non-hydrogen) atoms. The van der Waals surface area contributed by atoms with Crippen LogP contribution < -0.4 is 4.74 Å². The predicted octanol–water partition coefficient (Wildman–Crippen LogP) is 7.78. The summed E-state index contributed by atoms with van der Waals surface area (Å²) in [5.74, 6) is -0.286. The predicted molar refractivity (Wildman–Crippen MR) is 195 cm³/mol. The lowest BCUT2D eigenvalue weighted by Gasteiger charge is -2.37. The van der Waals surface area contributed by atoms with Crippen molar-refractivity contribution in [1.82, 2.24) is 34.3 Å². The van der Waals surface area contributed by atoms with Gasteiger partial charge in [0.15, 0.2) is 12.0 Å². The summed E-state index contributed by atoms with van der Waals surface area (Å²) in [6.07, 6.45) is 8.11. The summed E-state index contributed by atoms with van der Waals surface area (Å²) in [5, 5.41) is 31.0. The second kappa shape index (κ2) is 13.8. The molecule has 6 heterocycles. The molecule has 0 spiro atoms. The first kappa shape index (κ1) is 34.6. The summed E-state index contributed by atoms with van der Waals surface area (Å²) in [7, 11) is 2.07. The number of fused-ring (bicyclic) bond motifs is 4. The molecule has 1 N–H and O–H groups in total. The van der Waals surface area contributed by atoms with E-state index in [-0.39, 0.29) is 53.3 Å². The van der Waals surface area contributed by atoms with Crippen molar-refractivity contribution in [2.24, 2.45) is 0 Å². The van der Waals surface area contributed by atoms with E-state index in [1.807, 2.05) is 23.2 Å². The third-order valence-electron chi connectivity index (χ3n) is 11.5. The average Bonchev–Trinajstić information content (AvgIpc) is 3.88. The first-order valence-corrected chi connectivity index (χ1v) is 18.5. The number of halogens is 2. The minimum Gasteiger partial charge on any atom is -0.475 e. The third kappa shape index (κ3) is 5.81. The number of hydrogen-bond donors (Lipinski definition) is 1. The van der Waals surface area contributed by atoms with Gasteiger partial charge in [0.1, 0.15) is 12.1 Å². The van der Waals surface area contributed by atoms with E-state index in [0.717, 1.165) is 60.7 Å². The zero-order valence-electron chi connectivity index (χ0n) is 29.6. The number of amides is 1. The van der Waals surface area contributed by atoms with Gasteiger partial charge in [0.2, 0.25) is 5.88 Å².